The third-order valence-electron chi connectivity index (χ3n) is 4.51. The minimum absolute atomic E-state index is 0.151. The van der Waals surface area contributed by atoms with E-state index in [1.807, 2.05) is 31.2 Å². The highest BCUT2D eigenvalue weighted by Gasteiger charge is 2.31. The first-order chi connectivity index (χ1) is 14.5. The highest BCUT2D eigenvalue weighted by atomic mass is 19.1. The van der Waals surface area contributed by atoms with Crippen LogP contribution in [-0.2, 0) is 25.7 Å². The Morgan fingerprint density at radius 1 is 1.23 bits per heavy atom. The first-order valence-electron chi connectivity index (χ1n) is 9.57. The number of rotatable bonds is 8. The van der Waals surface area contributed by atoms with Gasteiger partial charge in [0.1, 0.15) is 11.6 Å². The molecule has 0 spiro atoms. The second-order valence-corrected chi connectivity index (χ2v) is 6.78. The summed E-state index contributed by atoms with van der Waals surface area (Å²) in [6.45, 7) is 2.46. The zero-order chi connectivity index (χ0) is 21.5. The fraction of sp³-hybridized carbons (Fsp3) is 0.318. The molecule has 0 fully saturated rings. The fourth-order valence-corrected chi connectivity index (χ4v) is 2.90. The first-order valence-corrected chi connectivity index (χ1v) is 9.57. The number of carbonyl (C=O) groups excluding carboxylic acids is 2. The monoisotopic (exact) mass is 414 g/mol. The number of carbonyl (C=O) groups is 2. The molecule has 30 heavy (non-hydrogen) atoms. The van der Waals surface area contributed by atoms with Gasteiger partial charge >= 0.3 is 5.97 Å². The van der Waals surface area contributed by atoms with Crippen molar-refractivity contribution < 1.29 is 28.3 Å². The lowest BCUT2D eigenvalue weighted by molar-refractivity contribution is -0.160. The maximum Gasteiger partial charge on any atom is 0.351 e. The number of likely N-dealkylation sites (N-methyl/N-ethyl adjacent to an activating group) is 1. The van der Waals surface area contributed by atoms with E-state index in [1.54, 1.807) is 19.2 Å². The van der Waals surface area contributed by atoms with E-state index in [9.17, 15) is 14.0 Å². The van der Waals surface area contributed by atoms with Gasteiger partial charge in [-0.05, 0) is 36.8 Å². The van der Waals surface area contributed by atoms with Crippen LogP contribution in [0.5, 0.6) is 5.75 Å². The Labute approximate surface area is 174 Å². The molecule has 1 amide bonds. The van der Waals surface area contributed by atoms with E-state index in [-0.39, 0.29) is 12.3 Å². The molecule has 0 aliphatic carbocycles. The topological polar surface area (TPSA) is 77.4 Å². The third kappa shape index (κ3) is 5.56. The lowest BCUT2D eigenvalue weighted by Gasteiger charge is -2.18. The summed E-state index contributed by atoms with van der Waals surface area (Å²) in [5.74, 6) is -0.669. The Bertz CT molecular complexity index is 929. The van der Waals surface area contributed by atoms with Crippen molar-refractivity contribution in [2.45, 2.75) is 26.0 Å². The summed E-state index contributed by atoms with van der Waals surface area (Å²) < 4.78 is 23.8. The molecule has 2 aromatic carbocycles. The van der Waals surface area contributed by atoms with E-state index in [0.29, 0.717) is 24.4 Å². The molecule has 158 valence electrons. The van der Waals surface area contributed by atoms with E-state index < -0.39 is 24.5 Å². The number of benzene rings is 2. The molecule has 1 atom stereocenters. The average molecular weight is 414 g/mol. The average Bonchev–Trinajstić information content (AvgIpc) is 3.24. The van der Waals surface area contributed by atoms with E-state index in [2.05, 4.69) is 5.16 Å². The molecule has 0 bridgehead atoms. The first kappa shape index (κ1) is 21.3. The van der Waals surface area contributed by atoms with Crippen LogP contribution in [0.4, 0.5) is 4.39 Å². The molecule has 3 rings (SSSR count). The predicted octanol–water partition coefficient (Wildman–Crippen LogP) is 2.92. The summed E-state index contributed by atoms with van der Waals surface area (Å²) in [6.07, 6.45) is -0.800. The lowest BCUT2D eigenvalue weighted by atomic mass is 10.1. The van der Waals surface area contributed by atoms with Crippen LogP contribution in [0.2, 0.25) is 0 Å². The number of hydrogen-bond acceptors (Lipinski definition) is 6. The molecule has 1 aliphatic heterocycles. The number of esters is 1. The highest BCUT2D eigenvalue weighted by Crippen LogP contribution is 2.18. The predicted molar refractivity (Wildman–Crippen MR) is 107 cm³/mol. The Balaban J connectivity index is 1.44. The van der Waals surface area contributed by atoms with Gasteiger partial charge in [-0.15, -0.1) is 0 Å². The van der Waals surface area contributed by atoms with Crippen LogP contribution in [0.3, 0.4) is 0 Å². The molecule has 0 saturated carbocycles. The second-order valence-electron chi connectivity index (χ2n) is 6.78. The van der Waals surface area contributed by atoms with Gasteiger partial charge in [0.15, 0.2) is 6.61 Å². The van der Waals surface area contributed by atoms with Crippen molar-refractivity contribution in [3.63, 3.8) is 0 Å². The van der Waals surface area contributed by atoms with Gasteiger partial charge in [0.2, 0.25) is 6.10 Å². The van der Waals surface area contributed by atoms with Crippen LogP contribution >= 0.6 is 0 Å². The molecule has 1 aliphatic rings. The quantitative estimate of drug-likeness (QED) is 0.621. The molecular weight excluding hydrogens is 391 g/mol. The van der Waals surface area contributed by atoms with Gasteiger partial charge in [0.05, 0.1) is 12.3 Å². The minimum atomic E-state index is -0.951. The molecule has 0 N–H and O–H groups in total. The molecule has 1 heterocycles. The second kappa shape index (κ2) is 9.87. The van der Waals surface area contributed by atoms with E-state index in [4.69, 9.17) is 14.3 Å². The van der Waals surface area contributed by atoms with Crippen LogP contribution in [0.1, 0.15) is 24.5 Å². The van der Waals surface area contributed by atoms with Crippen molar-refractivity contribution in [2.24, 2.45) is 5.16 Å². The van der Waals surface area contributed by atoms with Gasteiger partial charge < -0.3 is 19.2 Å². The standard InChI is InChI=1S/C22H23FN2O5/c1-3-28-18-9-7-15(8-10-18)13-25(2)21(26)14-29-22(27)20-12-19(24-30-20)16-5-4-6-17(23)11-16/h4-11,20H,3,12-14H2,1-2H3. The summed E-state index contributed by atoms with van der Waals surface area (Å²) >= 11 is 0. The Kier molecular flexibility index (Phi) is 7.00. The van der Waals surface area contributed by atoms with Gasteiger partial charge in [-0.2, -0.15) is 0 Å². The summed E-state index contributed by atoms with van der Waals surface area (Å²) in [4.78, 5) is 31.0. The Morgan fingerprint density at radius 2 is 2.00 bits per heavy atom. The Hall–Kier alpha value is -3.42. The van der Waals surface area contributed by atoms with Gasteiger partial charge in [-0.25, -0.2) is 9.18 Å². The molecular formula is C22H23FN2O5. The van der Waals surface area contributed by atoms with Crippen molar-refractivity contribution >= 4 is 17.6 Å². The Morgan fingerprint density at radius 3 is 2.70 bits per heavy atom. The molecule has 7 nitrogen and oxygen atoms in total. The SMILES string of the molecule is CCOc1ccc(CN(C)C(=O)COC(=O)C2CC(c3cccc(F)c3)=NO2)cc1. The van der Waals surface area contributed by atoms with Gasteiger partial charge in [-0.3, -0.25) is 4.79 Å². The summed E-state index contributed by atoms with van der Waals surface area (Å²) in [5.41, 5.74) is 1.92. The van der Waals surface area contributed by atoms with Gasteiger partial charge in [0.25, 0.3) is 5.91 Å². The largest absolute Gasteiger partial charge is 0.494 e. The van der Waals surface area contributed by atoms with Crippen LogP contribution in [-0.4, -0.2) is 48.9 Å². The number of halogens is 1. The molecule has 2 aromatic rings. The van der Waals surface area contributed by atoms with Crippen LogP contribution in [0, 0.1) is 5.82 Å². The zero-order valence-electron chi connectivity index (χ0n) is 16.8. The summed E-state index contributed by atoms with van der Waals surface area (Å²) in [5, 5.41) is 3.83. The van der Waals surface area contributed by atoms with E-state index >= 15 is 0 Å². The van der Waals surface area contributed by atoms with Gasteiger partial charge in [-0.1, -0.05) is 29.4 Å². The molecule has 0 radical (unpaired) electrons. The summed E-state index contributed by atoms with van der Waals surface area (Å²) in [7, 11) is 1.63. The van der Waals surface area contributed by atoms with Crippen molar-refractivity contribution in [1.82, 2.24) is 4.90 Å². The minimum Gasteiger partial charge on any atom is -0.494 e. The van der Waals surface area contributed by atoms with Crippen LogP contribution < -0.4 is 4.74 Å². The van der Waals surface area contributed by atoms with E-state index in [1.165, 1.54) is 17.0 Å². The van der Waals surface area contributed by atoms with Crippen molar-refractivity contribution in [3.05, 3.63) is 65.5 Å². The maximum atomic E-state index is 13.3. The number of ether oxygens (including phenoxy) is 2. The number of hydrogen-bond donors (Lipinski definition) is 0. The molecule has 0 aromatic heterocycles. The molecule has 0 saturated heterocycles. The molecule has 1 unspecified atom stereocenters. The van der Waals surface area contributed by atoms with Gasteiger partial charge in [0, 0.05) is 25.6 Å². The number of oxime groups is 1. The zero-order valence-corrected chi connectivity index (χ0v) is 16.8. The fourth-order valence-electron chi connectivity index (χ4n) is 2.90. The normalized spacial score (nSPS) is 15.2. The number of amides is 1. The van der Waals surface area contributed by atoms with E-state index in [0.717, 1.165) is 11.3 Å². The lowest BCUT2D eigenvalue weighted by Crippen LogP contribution is -2.33. The highest BCUT2D eigenvalue weighted by molar-refractivity contribution is 6.03. The smallest absolute Gasteiger partial charge is 0.351 e. The third-order valence-corrected chi connectivity index (χ3v) is 4.51. The number of nitrogens with zero attached hydrogens (tertiary/aromatic N) is 2. The van der Waals surface area contributed by atoms with Crippen molar-refractivity contribution in [1.29, 1.82) is 0 Å². The molecule has 8 heteroatoms. The van der Waals surface area contributed by atoms with Crippen molar-refractivity contribution in [3.8, 4) is 5.75 Å². The summed E-state index contributed by atoms with van der Waals surface area (Å²) in [6, 6.07) is 13.3. The van der Waals surface area contributed by atoms with Crippen molar-refractivity contribution in [2.75, 3.05) is 20.3 Å². The van der Waals surface area contributed by atoms with Crippen LogP contribution in [0.25, 0.3) is 0 Å². The maximum absolute atomic E-state index is 13.3. The van der Waals surface area contributed by atoms with Crippen LogP contribution in [0.15, 0.2) is 53.7 Å².